The second-order valence-corrected chi connectivity index (χ2v) is 4.19. The largest absolute Gasteiger partial charge is 0.284 e. The Balaban J connectivity index is 2.27. The Kier molecular flexibility index (Phi) is 2.29. The highest BCUT2D eigenvalue weighted by molar-refractivity contribution is 7.92. The minimum atomic E-state index is -3.68. The molecular weight excluding hydrogens is 220 g/mol. The molecule has 0 bridgehead atoms. The zero-order chi connectivity index (χ0) is 10.7. The highest BCUT2D eigenvalue weighted by atomic mass is 32.2. The molecule has 0 saturated heterocycles. The summed E-state index contributed by atoms with van der Waals surface area (Å²) in [6.45, 7) is 0. The summed E-state index contributed by atoms with van der Waals surface area (Å²) in [7, 11) is -3.68. The van der Waals surface area contributed by atoms with E-state index < -0.39 is 10.0 Å². The second-order valence-electron chi connectivity index (χ2n) is 2.51. The molecule has 0 unspecified atom stereocenters. The van der Waals surface area contributed by atoms with Gasteiger partial charge in [0.25, 0.3) is 16.0 Å². The predicted molar refractivity (Wildman–Crippen MR) is 49.2 cm³/mol. The molecule has 78 valence electrons. The fraction of sp³-hybridized carbons (Fsp3) is 0. The van der Waals surface area contributed by atoms with Crippen molar-refractivity contribution in [1.29, 1.82) is 0 Å². The maximum atomic E-state index is 11.6. The maximum Gasteiger partial charge on any atom is 0.267 e. The summed E-state index contributed by atoms with van der Waals surface area (Å²) in [5.74, 6) is -0.0845. The van der Waals surface area contributed by atoms with Crippen LogP contribution in [-0.4, -0.2) is 33.8 Å². The van der Waals surface area contributed by atoms with Crippen LogP contribution in [0.15, 0.2) is 29.7 Å². The van der Waals surface area contributed by atoms with Crippen LogP contribution in [0, 0.1) is 0 Å². The van der Waals surface area contributed by atoms with Crippen LogP contribution in [0.1, 0.15) is 0 Å². The van der Waals surface area contributed by atoms with Gasteiger partial charge >= 0.3 is 0 Å². The van der Waals surface area contributed by atoms with Crippen LogP contribution in [0.4, 0.5) is 5.95 Å². The molecule has 2 heterocycles. The van der Waals surface area contributed by atoms with Crippen LogP contribution < -0.4 is 4.72 Å². The van der Waals surface area contributed by atoms with E-state index in [0.717, 1.165) is 0 Å². The Bertz CT molecular complexity index is 522. The van der Waals surface area contributed by atoms with Crippen LogP contribution in [0.2, 0.25) is 0 Å². The molecule has 0 saturated carbocycles. The zero-order valence-electron chi connectivity index (χ0n) is 7.32. The Labute approximate surface area is 84.8 Å². The van der Waals surface area contributed by atoms with E-state index in [9.17, 15) is 8.42 Å². The van der Waals surface area contributed by atoms with Crippen molar-refractivity contribution in [2.24, 2.45) is 0 Å². The topological polar surface area (TPSA) is 114 Å². The quantitative estimate of drug-likeness (QED) is 0.722. The number of H-pyrrole nitrogens is 1. The van der Waals surface area contributed by atoms with Gasteiger partial charge in [0.05, 0.1) is 18.6 Å². The van der Waals surface area contributed by atoms with E-state index in [4.69, 9.17) is 0 Å². The molecule has 0 aromatic carbocycles. The molecule has 9 heteroatoms. The normalized spacial score (nSPS) is 11.2. The van der Waals surface area contributed by atoms with Crippen molar-refractivity contribution in [3.8, 4) is 0 Å². The van der Waals surface area contributed by atoms with Crippen molar-refractivity contribution in [1.82, 2.24) is 25.4 Å². The van der Waals surface area contributed by atoms with Crippen LogP contribution in [0.5, 0.6) is 0 Å². The molecule has 0 aliphatic heterocycles. The molecule has 0 radical (unpaired) electrons. The van der Waals surface area contributed by atoms with E-state index in [1.165, 1.54) is 24.8 Å². The summed E-state index contributed by atoms with van der Waals surface area (Å²) in [4.78, 5) is 3.69. The molecule has 2 aromatic rings. The van der Waals surface area contributed by atoms with Gasteiger partial charge in [-0.3, -0.25) is 5.10 Å². The average Bonchev–Trinajstić information content (AvgIpc) is 2.71. The van der Waals surface area contributed by atoms with E-state index in [0.29, 0.717) is 0 Å². The summed E-state index contributed by atoms with van der Waals surface area (Å²) >= 11 is 0. The van der Waals surface area contributed by atoms with Crippen molar-refractivity contribution >= 4 is 16.0 Å². The van der Waals surface area contributed by atoms with E-state index in [2.05, 4.69) is 30.1 Å². The van der Waals surface area contributed by atoms with Crippen molar-refractivity contribution < 1.29 is 8.42 Å². The molecule has 0 aliphatic rings. The predicted octanol–water partition coefficient (Wildman–Crippen LogP) is -0.605. The first-order valence-electron chi connectivity index (χ1n) is 3.84. The molecule has 2 N–H and O–H groups in total. The van der Waals surface area contributed by atoms with E-state index in [-0.39, 0.29) is 10.8 Å². The average molecular weight is 226 g/mol. The maximum absolute atomic E-state index is 11.6. The lowest BCUT2D eigenvalue weighted by Crippen LogP contribution is -2.14. The fourth-order valence-corrected chi connectivity index (χ4v) is 1.71. The fourth-order valence-electron chi connectivity index (χ4n) is 0.859. The molecule has 0 fully saturated rings. The highest BCUT2D eigenvalue weighted by Crippen LogP contribution is 2.08. The molecule has 0 amide bonds. The van der Waals surface area contributed by atoms with Crippen LogP contribution in [0.25, 0.3) is 0 Å². The summed E-state index contributed by atoms with van der Waals surface area (Å²) in [6, 6.07) is 0. The minimum Gasteiger partial charge on any atom is -0.284 e. The lowest BCUT2D eigenvalue weighted by atomic mass is 10.7. The monoisotopic (exact) mass is 226 g/mol. The number of nitrogens with one attached hydrogen (secondary N) is 2. The molecule has 15 heavy (non-hydrogen) atoms. The van der Waals surface area contributed by atoms with Gasteiger partial charge in [-0.2, -0.15) is 10.2 Å². The van der Waals surface area contributed by atoms with Crippen molar-refractivity contribution in [2.45, 2.75) is 4.90 Å². The van der Waals surface area contributed by atoms with Crippen molar-refractivity contribution in [2.75, 3.05) is 4.72 Å². The van der Waals surface area contributed by atoms with Crippen molar-refractivity contribution in [3.05, 3.63) is 24.8 Å². The first-order chi connectivity index (χ1) is 7.18. The standard InChI is InChI=1S/C6H6N6O2S/c13-15(14,5-3-9-10-4-5)12-6-7-1-2-8-11-6/h1-4H,(H,9,10)(H,7,11,12). The highest BCUT2D eigenvalue weighted by Gasteiger charge is 2.16. The SMILES string of the molecule is O=S(=O)(Nc1nccnn1)c1cn[nH]c1. The number of aromatic amines is 1. The van der Waals surface area contributed by atoms with E-state index >= 15 is 0 Å². The number of rotatable bonds is 3. The third-order valence-electron chi connectivity index (χ3n) is 1.49. The van der Waals surface area contributed by atoms with E-state index in [1.807, 2.05) is 0 Å². The van der Waals surface area contributed by atoms with Gasteiger partial charge in [0, 0.05) is 6.20 Å². The Morgan fingerprint density at radius 2 is 2.20 bits per heavy atom. The van der Waals surface area contributed by atoms with Gasteiger partial charge < -0.3 is 0 Å². The molecule has 0 atom stereocenters. The van der Waals surface area contributed by atoms with Gasteiger partial charge in [-0.25, -0.2) is 18.1 Å². The number of hydrogen-bond acceptors (Lipinski definition) is 6. The minimum absolute atomic E-state index is 0.00922. The van der Waals surface area contributed by atoms with Gasteiger partial charge in [-0.05, 0) is 0 Å². The summed E-state index contributed by atoms with van der Waals surface area (Å²) in [6.07, 6.45) is 5.10. The van der Waals surface area contributed by atoms with Gasteiger partial charge in [-0.1, -0.05) is 0 Å². The number of sulfonamides is 1. The second kappa shape index (κ2) is 3.61. The van der Waals surface area contributed by atoms with Gasteiger partial charge in [0.15, 0.2) is 0 Å². The Morgan fingerprint density at radius 1 is 1.33 bits per heavy atom. The molecule has 0 aliphatic carbocycles. The van der Waals surface area contributed by atoms with Crippen LogP contribution in [-0.2, 0) is 10.0 Å². The lowest BCUT2D eigenvalue weighted by Gasteiger charge is -2.01. The Hall–Kier alpha value is -2.03. The number of nitrogens with zero attached hydrogens (tertiary/aromatic N) is 4. The Morgan fingerprint density at radius 3 is 2.80 bits per heavy atom. The number of aromatic nitrogens is 5. The third kappa shape index (κ3) is 2.07. The smallest absolute Gasteiger partial charge is 0.267 e. The summed E-state index contributed by atoms with van der Waals surface area (Å²) in [5.41, 5.74) is 0. The first-order valence-corrected chi connectivity index (χ1v) is 5.32. The first kappa shape index (κ1) is 9.52. The van der Waals surface area contributed by atoms with Gasteiger partial charge in [-0.15, -0.1) is 5.10 Å². The zero-order valence-corrected chi connectivity index (χ0v) is 8.14. The lowest BCUT2D eigenvalue weighted by molar-refractivity contribution is 0.600. The van der Waals surface area contributed by atoms with Crippen molar-refractivity contribution in [3.63, 3.8) is 0 Å². The summed E-state index contributed by atoms with van der Waals surface area (Å²) in [5, 5.41) is 12.9. The van der Waals surface area contributed by atoms with Gasteiger partial charge in [0.1, 0.15) is 4.90 Å². The van der Waals surface area contributed by atoms with Gasteiger partial charge in [0.2, 0.25) is 0 Å². The van der Waals surface area contributed by atoms with E-state index in [1.54, 1.807) is 0 Å². The third-order valence-corrected chi connectivity index (χ3v) is 2.79. The summed E-state index contributed by atoms with van der Waals surface area (Å²) < 4.78 is 25.3. The molecule has 0 spiro atoms. The van der Waals surface area contributed by atoms with Crippen LogP contribution in [0.3, 0.4) is 0 Å². The molecular formula is C6H6N6O2S. The number of hydrogen-bond donors (Lipinski definition) is 2. The molecule has 2 rings (SSSR count). The molecule has 8 nitrogen and oxygen atoms in total. The number of anilines is 1. The van der Waals surface area contributed by atoms with Crippen LogP contribution >= 0.6 is 0 Å². The molecule has 2 aromatic heterocycles.